The van der Waals surface area contributed by atoms with Gasteiger partial charge in [-0.3, -0.25) is 9.59 Å². The lowest BCUT2D eigenvalue weighted by Crippen LogP contribution is -2.45. The Morgan fingerprint density at radius 2 is 1.89 bits per heavy atom. The first kappa shape index (κ1) is 18.4. The second-order valence-corrected chi connectivity index (χ2v) is 8.14. The summed E-state index contributed by atoms with van der Waals surface area (Å²) in [5.41, 5.74) is 0.505. The van der Waals surface area contributed by atoms with Gasteiger partial charge in [-0.1, -0.05) is 12.1 Å². The van der Waals surface area contributed by atoms with Crippen LogP contribution in [0.1, 0.15) is 31.2 Å². The third kappa shape index (κ3) is 3.72. The molecule has 3 fully saturated rings. The average molecular weight is 374 g/mol. The van der Waals surface area contributed by atoms with E-state index in [0.717, 1.165) is 38.8 Å². The molecule has 3 aliphatic heterocycles. The molecule has 2 amide bonds. The molecular formula is C21H27FN2O3. The molecule has 1 aromatic rings. The van der Waals surface area contributed by atoms with Crippen LogP contribution in [0.3, 0.4) is 0 Å². The molecule has 3 heterocycles. The maximum absolute atomic E-state index is 13.4. The van der Waals surface area contributed by atoms with Crippen LogP contribution in [0.4, 0.5) is 4.39 Å². The Morgan fingerprint density at radius 1 is 1.15 bits per heavy atom. The molecule has 3 aliphatic rings. The SMILES string of the molecule is O=C(Cc1cccc(F)c1)N1C[C@@H](C(=O)N2CCCC2)C2(CCOCC2)C1. The topological polar surface area (TPSA) is 49.9 Å². The molecule has 27 heavy (non-hydrogen) atoms. The molecule has 6 heteroatoms. The van der Waals surface area contributed by atoms with E-state index in [-0.39, 0.29) is 35.4 Å². The number of rotatable bonds is 3. The van der Waals surface area contributed by atoms with Crippen LogP contribution in [0.15, 0.2) is 24.3 Å². The van der Waals surface area contributed by atoms with Crippen LogP contribution in [0.5, 0.6) is 0 Å². The number of benzene rings is 1. The number of nitrogens with zero attached hydrogens (tertiary/aromatic N) is 2. The summed E-state index contributed by atoms with van der Waals surface area (Å²) in [6, 6.07) is 6.19. The summed E-state index contributed by atoms with van der Waals surface area (Å²) in [5, 5.41) is 0. The fraction of sp³-hybridized carbons (Fsp3) is 0.619. The lowest BCUT2D eigenvalue weighted by Gasteiger charge is -2.38. The fourth-order valence-corrected chi connectivity index (χ4v) is 4.87. The van der Waals surface area contributed by atoms with Crippen molar-refractivity contribution in [3.63, 3.8) is 0 Å². The fourth-order valence-electron chi connectivity index (χ4n) is 4.87. The monoisotopic (exact) mass is 374 g/mol. The van der Waals surface area contributed by atoms with E-state index in [2.05, 4.69) is 0 Å². The first-order valence-electron chi connectivity index (χ1n) is 9.96. The molecule has 0 unspecified atom stereocenters. The Bertz CT molecular complexity index is 711. The largest absolute Gasteiger partial charge is 0.381 e. The number of amides is 2. The van der Waals surface area contributed by atoms with Gasteiger partial charge in [0.2, 0.25) is 11.8 Å². The number of carbonyl (C=O) groups is 2. The van der Waals surface area contributed by atoms with Crippen molar-refractivity contribution in [2.24, 2.45) is 11.3 Å². The first-order valence-corrected chi connectivity index (χ1v) is 9.96. The predicted octanol–water partition coefficient (Wildman–Crippen LogP) is 2.25. The van der Waals surface area contributed by atoms with Crippen molar-refractivity contribution in [2.75, 3.05) is 39.4 Å². The van der Waals surface area contributed by atoms with E-state index in [0.29, 0.717) is 31.9 Å². The maximum Gasteiger partial charge on any atom is 0.228 e. The van der Waals surface area contributed by atoms with Crippen LogP contribution < -0.4 is 0 Å². The zero-order valence-electron chi connectivity index (χ0n) is 15.7. The molecule has 146 valence electrons. The lowest BCUT2D eigenvalue weighted by molar-refractivity contribution is -0.139. The van der Waals surface area contributed by atoms with Crippen molar-refractivity contribution in [3.8, 4) is 0 Å². The van der Waals surface area contributed by atoms with Gasteiger partial charge in [0, 0.05) is 44.8 Å². The molecule has 1 atom stereocenters. The highest BCUT2D eigenvalue weighted by molar-refractivity contribution is 5.84. The van der Waals surface area contributed by atoms with E-state index >= 15 is 0 Å². The number of likely N-dealkylation sites (tertiary alicyclic amines) is 2. The maximum atomic E-state index is 13.4. The zero-order valence-corrected chi connectivity index (χ0v) is 15.7. The second kappa shape index (κ2) is 7.58. The normalized spacial score (nSPS) is 24.6. The van der Waals surface area contributed by atoms with Crippen LogP contribution in [0.2, 0.25) is 0 Å². The number of ether oxygens (including phenoxy) is 1. The van der Waals surface area contributed by atoms with Gasteiger partial charge in [0.05, 0.1) is 12.3 Å². The average Bonchev–Trinajstić information content (AvgIpc) is 3.31. The molecule has 0 radical (unpaired) electrons. The number of halogens is 1. The van der Waals surface area contributed by atoms with Gasteiger partial charge >= 0.3 is 0 Å². The number of hydrogen-bond acceptors (Lipinski definition) is 3. The molecule has 4 rings (SSSR count). The van der Waals surface area contributed by atoms with Gasteiger partial charge in [0.1, 0.15) is 5.82 Å². The van der Waals surface area contributed by atoms with Crippen LogP contribution >= 0.6 is 0 Å². The van der Waals surface area contributed by atoms with Crippen molar-refractivity contribution in [1.82, 2.24) is 9.80 Å². The minimum Gasteiger partial charge on any atom is -0.381 e. The summed E-state index contributed by atoms with van der Waals surface area (Å²) in [5.74, 6) is -0.292. The lowest BCUT2D eigenvalue weighted by atomic mass is 9.71. The Balaban J connectivity index is 1.51. The Hall–Kier alpha value is -1.95. The number of carbonyl (C=O) groups excluding carboxylic acids is 2. The zero-order chi connectivity index (χ0) is 18.9. The molecule has 1 spiro atoms. The standard InChI is InChI=1S/C21H27FN2O3/c22-17-5-3-4-16(12-17)13-19(25)24-14-18(20(26)23-8-1-2-9-23)21(15-24)6-10-27-11-7-21/h3-5,12,18H,1-2,6-11,13-15H2/t18-/m0/s1. The van der Waals surface area contributed by atoms with Gasteiger partial charge in [0.25, 0.3) is 0 Å². The summed E-state index contributed by atoms with van der Waals surface area (Å²) in [6.45, 7) is 4.04. The Kier molecular flexibility index (Phi) is 5.17. The summed E-state index contributed by atoms with van der Waals surface area (Å²) in [7, 11) is 0. The minimum atomic E-state index is -0.329. The minimum absolute atomic E-state index is 0.0248. The molecule has 5 nitrogen and oxygen atoms in total. The van der Waals surface area contributed by atoms with Crippen LogP contribution in [0, 0.1) is 17.2 Å². The summed E-state index contributed by atoms with van der Waals surface area (Å²) in [4.78, 5) is 29.9. The van der Waals surface area contributed by atoms with Gasteiger partial charge in [-0.25, -0.2) is 4.39 Å². The van der Waals surface area contributed by atoms with Crippen LogP contribution in [0.25, 0.3) is 0 Å². The van der Waals surface area contributed by atoms with E-state index in [1.807, 2.05) is 9.80 Å². The molecular weight excluding hydrogens is 347 g/mol. The summed E-state index contributed by atoms with van der Waals surface area (Å²) >= 11 is 0. The Morgan fingerprint density at radius 3 is 2.59 bits per heavy atom. The van der Waals surface area contributed by atoms with Crippen molar-refractivity contribution in [1.29, 1.82) is 0 Å². The van der Waals surface area contributed by atoms with Crippen LogP contribution in [-0.4, -0.2) is 61.0 Å². The second-order valence-electron chi connectivity index (χ2n) is 8.14. The summed E-state index contributed by atoms with van der Waals surface area (Å²) < 4.78 is 19.0. The van der Waals surface area contributed by atoms with Crippen molar-refractivity contribution in [3.05, 3.63) is 35.6 Å². The molecule has 0 N–H and O–H groups in total. The number of hydrogen-bond donors (Lipinski definition) is 0. The highest BCUT2D eigenvalue weighted by Crippen LogP contribution is 2.45. The van der Waals surface area contributed by atoms with Gasteiger partial charge in [0.15, 0.2) is 0 Å². The van der Waals surface area contributed by atoms with E-state index in [4.69, 9.17) is 4.74 Å². The highest BCUT2D eigenvalue weighted by atomic mass is 19.1. The highest BCUT2D eigenvalue weighted by Gasteiger charge is 2.52. The molecule has 3 saturated heterocycles. The summed E-state index contributed by atoms with van der Waals surface area (Å²) in [6.07, 6.45) is 3.95. The van der Waals surface area contributed by atoms with Gasteiger partial charge in [-0.2, -0.15) is 0 Å². The molecule has 0 bridgehead atoms. The predicted molar refractivity (Wildman–Crippen MR) is 98.5 cm³/mol. The first-order chi connectivity index (χ1) is 13.1. The van der Waals surface area contributed by atoms with E-state index in [9.17, 15) is 14.0 Å². The van der Waals surface area contributed by atoms with Gasteiger partial charge in [-0.05, 0) is 43.4 Å². The van der Waals surface area contributed by atoms with E-state index in [1.165, 1.54) is 12.1 Å². The van der Waals surface area contributed by atoms with Gasteiger partial charge in [-0.15, -0.1) is 0 Å². The van der Waals surface area contributed by atoms with E-state index in [1.54, 1.807) is 12.1 Å². The molecule has 0 saturated carbocycles. The molecule has 1 aromatic carbocycles. The van der Waals surface area contributed by atoms with Gasteiger partial charge < -0.3 is 14.5 Å². The third-order valence-corrected chi connectivity index (χ3v) is 6.45. The molecule has 0 aliphatic carbocycles. The van der Waals surface area contributed by atoms with Crippen molar-refractivity contribution < 1.29 is 18.7 Å². The quantitative estimate of drug-likeness (QED) is 0.815. The van der Waals surface area contributed by atoms with Crippen molar-refractivity contribution in [2.45, 2.75) is 32.1 Å². The van der Waals surface area contributed by atoms with Crippen molar-refractivity contribution >= 4 is 11.8 Å². The third-order valence-electron chi connectivity index (χ3n) is 6.45. The van der Waals surface area contributed by atoms with E-state index < -0.39 is 0 Å². The smallest absolute Gasteiger partial charge is 0.228 e. The van der Waals surface area contributed by atoms with Crippen LogP contribution in [-0.2, 0) is 20.7 Å². The molecule has 0 aromatic heterocycles. The Labute approximate surface area is 159 Å².